The van der Waals surface area contributed by atoms with E-state index in [0.717, 1.165) is 0 Å². The van der Waals surface area contributed by atoms with Crippen LogP contribution >= 0.6 is 11.6 Å². The molecule has 96 valence electrons. The van der Waals surface area contributed by atoms with E-state index in [-0.39, 0.29) is 5.82 Å². The first-order valence-corrected chi connectivity index (χ1v) is 6.04. The lowest BCUT2D eigenvalue weighted by atomic mass is 9.76. The fourth-order valence-electron chi connectivity index (χ4n) is 1.98. The zero-order chi connectivity index (χ0) is 13.9. The summed E-state index contributed by atoms with van der Waals surface area (Å²) in [5.41, 5.74) is -0.0482. The van der Waals surface area contributed by atoms with Gasteiger partial charge in [0.2, 0.25) is 0 Å². The number of aliphatic hydroxyl groups excluding tert-OH is 1. The Morgan fingerprint density at radius 3 is 1.95 bits per heavy atom. The minimum Gasteiger partial charge on any atom is -0.394 e. The van der Waals surface area contributed by atoms with Gasteiger partial charge in [0, 0.05) is 5.02 Å². The van der Waals surface area contributed by atoms with Crippen molar-refractivity contribution < 1.29 is 9.50 Å². The van der Waals surface area contributed by atoms with Gasteiger partial charge in [0.05, 0.1) is 12.7 Å². The summed E-state index contributed by atoms with van der Waals surface area (Å²) in [5, 5.41) is 19.7. The van der Waals surface area contributed by atoms with Gasteiger partial charge in [-0.3, -0.25) is 0 Å². The standard InChI is InChI=1S/C15H11ClFNO/c16-13-5-1-11(2-6-13)15(9-18,10-19)12-3-7-14(17)8-4-12/h1-8,19H,10H2. The molecule has 2 rings (SSSR count). The second-order valence-corrected chi connectivity index (χ2v) is 4.63. The molecule has 0 fully saturated rings. The summed E-state index contributed by atoms with van der Waals surface area (Å²) in [6, 6.07) is 14.4. The Labute approximate surface area is 115 Å². The van der Waals surface area contributed by atoms with Crippen molar-refractivity contribution in [3.8, 4) is 6.07 Å². The highest BCUT2D eigenvalue weighted by Gasteiger charge is 2.33. The highest BCUT2D eigenvalue weighted by molar-refractivity contribution is 6.30. The average Bonchev–Trinajstić information content (AvgIpc) is 2.44. The minimum absolute atomic E-state index is 0.385. The van der Waals surface area contributed by atoms with Gasteiger partial charge in [0.15, 0.2) is 0 Å². The van der Waals surface area contributed by atoms with Crippen LogP contribution in [0.4, 0.5) is 4.39 Å². The molecule has 19 heavy (non-hydrogen) atoms. The number of hydrogen-bond acceptors (Lipinski definition) is 2. The molecule has 0 bridgehead atoms. The molecule has 1 N–H and O–H groups in total. The lowest BCUT2D eigenvalue weighted by Crippen LogP contribution is -2.30. The van der Waals surface area contributed by atoms with Crippen LogP contribution in [-0.4, -0.2) is 11.7 Å². The summed E-state index contributed by atoms with van der Waals surface area (Å²) in [7, 11) is 0. The average molecular weight is 276 g/mol. The smallest absolute Gasteiger partial charge is 0.130 e. The van der Waals surface area contributed by atoms with Crippen molar-refractivity contribution in [3.63, 3.8) is 0 Å². The number of nitrogens with zero attached hydrogens (tertiary/aromatic N) is 1. The first kappa shape index (κ1) is 13.5. The van der Waals surface area contributed by atoms with Crippen LogP contribution < -0.4 is 0 Å². The molecule has 1 atom stereocenters. The van der Waals surface area contributed by atoms with E-state index in [0.29, 0.717) is 16.1 Å². The maximum Gasteiger partial charge on any atom is 0.130 e. The highest BCUT2D eigenvalue weighted by atomic mass is 35.5. The molecule has 0 radical (unpaired) electrons. The van der Waals surface area contributed by atoms with E-state index >= 15 is 0 Å². The molecule has 2 aromatic rings. The van der Waals surface area contributed by atoms with E-state index < -0.39 is 12.0 Å². The molecule has 0 spiro atoms. The Balaban J connectivity index is 2.58. The van der Waals surface area contributed by atoms with Gasteiger partial charge in [-0.25, -0.2) is 4.39 Å². The number of aliphatic hydroxyl groups is 1. The molecule has 1 unspecified atom stereocenters. The quantitative estimate of drug-likeness (QED) is 0.934. The van der Waals surface area contributed by atoms with E-state index in [9.17, 15) is 14.8 Å². The molecule has 0 heterocycles. The highest BCUT2D eigenvalue weighted by Crippen LogP contribution is 2.32. The molecule has 0 saturated carbocycles. The van der Waals surface area contributed by atoms with Gasteiger partial charge in [-0.15, -0.1) is 0 Å². The predicted octanol–water partition coefficient (Wildman–Crippen LogP) is 3.28. The third-order valence-corrected chi connectivity index (χ3v) is 3.35. The molecule has 0 aliphatic carbocycles. The number of benzene rings is 2. The van der Waals surface area contributed by atoms with E-state index in [4.69, 9.17) is 11.6 Å². The summed E-state index contributed by atoms with van der Waals surface area (Å²) in [5.74, 6) is -0.385. The third-order valence-electron chi connectivity index (χ3n) is 3.10. The van der Waals surface area contributed by atoms with Crippen LogP contribution in [0.15, 0.2) is 48.5 Å². The molecule has 0 amide bonds. The summed E-state index contributed by atoms with van der Waals surface area (Å²) >= 11 is 5.82. The largest absolute Gasteiger partial charge is 0.394 e. The zero-order valence-corrected chi connectivity index (χ0v) is 10.7. The van der Waals surface area contributed by atoms with Crippen molar-refractivity contribution in [2.45, 2.75) is 5.41 Å². The molecule has 2 nitrogen and oxygen atoms in total. The van der Waals surface area contributed by atoms with E-state index in [1.54, 1.807) is 24.3 Å². The van der Waals surface area contributed by atoms with Crippen molar-refractivity contribution in [3.05, 3.63) is 70.5 Å². The van der Waals surface area contributed by atoms with Gasteiger partial charge in [0.25, 0.3) is 0 Å². The number of hydrogen-bond donors (Lipinski definition) is 1. The minimum atomic E-state index is -1.21. The molecule has 0 aromatic heterocycles. The van der Waals surface area contributed by atoms with Crippen molar-refractivity contribution in [2.75, 3.05) is 6.61 Å². The van der Waals surface area contributed by atoms with Crippen molar-refractivity contribution in [1.29, 1.82) is 5.26 Å². The van der Waals surface area contributed by atoms with Gasteiger partial charge >= 0.3 is 0 Å². The van der Waals surface area contributed by atoms with Crippen molar-refractivity contribution in [1.82, 2.24) is 0 Å². The fraction of sp³-hybridized carbons (Fsp3) is 0.133. The van der Waals surface area contributed by atoms with Crippen LogP contribution in [0.2, 0.25) is 5.02 Å². The summed E-state index contributed by atoms with van der Waals surface area (Å²) in [6.07, 6.45) is 0. The SMILES string of the molecule is N#CC(CO)(c1ccc(F)cc1)c1ccc(Cl)cc1. The van der Waals surface area contributed by atoms with Crippen LogP contribution in [0.3, 0.4) is 0 Å². The van der Waals surface area contributed by atoms with Gasteiger partial charge in [-0.1, -0.05) is 35.9 Å². The van der Waals surface area contributed by atoms with E-state index in [2.05, 4.69) is 6.07 Å². The molecule has 2 aromatic carbocycles. The Morgan fingerprint density at radius 2 is 1.53 bits per heavy atom. The third kappa shape index (κ3) is 2.46. The lowest BCUT2D eigenvalue weighted by Gasteiger charge is -2.25. The monoisotopic (exact) mass is 275 g/mol. The number of nitriles is 1. The molecule has 0 aliphatic rings. The Bertz CT molecular complexity index is 556. The Morgan fingerprint density at radius 1 is 1.05 bits per heavy atom. The van der Waals surface area contributed by atoms with Gasteiger partial charge in [0.1, 0.15) is 11.2 Å². The summed E-state index contributed by atoms with van der Waals surface area (Å²) in [6.45, 7) is -0.392. The lowest BCUT2D eigenvalue weighted by molar-refractivity contribution is 0.251. The van der Waals surface area contributed by atoms with E-state index in [1.165, 1.54) is 24.3 Å². The number of rotatable bonds is 3. The van der Waals surface area contributed by atoms with Crippen LogP contribution in [0, 0.1) is 17.1 Å². The first-order chi connectivity index (χ1) is 9.12. The molecule has 0 aliphatic heterocycles. The fourth-order valence-corrected chi connectivity index (χ4v) is 2.11. The topological polar surface area (TPSA) is 44.0 Å². The predicted molar refractivity (Wildman–Crippen MR) is 71.3 cm³/mol. The molecular formula is C15H11ClFNO. The Kier molecular flexibility index (Phi) is 3.84. The molecule has 4 heteroatoms. The Hall–Kier alpha value is -1.89. The van der Waals surface area contributed by atoms with Crippen LogP contribution in [0.5, 0.6) is 0 Å². The number of halogens is 2. The van der Waals surface area contributed by atoms with Crippen molar-refractivity contribution >= 4 is 11.6 Å². The van der Waals surface area contributed by atoms with Gasteiger partial charge in [-0.2, -0.15) is 5.26 Å². The first-order valence-electron chi connectivity index (χ1n) is 5.66. The molecule has 0 saturated heterocycles. The van der Waals surface area contributed by atoms with Crippen molar-refractivity contribution in [2.24, 2.45) is 0 Å². The van der Waals surface area contributed by atoms with Crippen LogP contribution in [0.1, 0.15) is 11.1 Å². The summed E-state index contributed by atoms with van der Waals surface area (Å²) in [4.78, 5) is 0. The second kappa shape index (κ2) is 5.40. The molecular weight excluding hydrogens is 265 g/mol. The normalized spacial score (nSPS) is 13.6. The summed E-state index contributed by atoms with van der Waals surface area (Å²) < 4.78 is 13.0. The maximum absolute atomic E-state index is 13.0. The zero-order valence-electron chi connectivity index (χ0n) is 9.98. The maximum atomic E-state index is 13.0. The van der Waals surface area contributed by atoms with Crippen LogP contribution in [-0.2, 0) is 5.41 Å². The van der Waals surface area contributed by atoms with E-state index in [1.807, 2.05) is 0 Å². The van der Waals surface area contributed by atoms with Gasteiger partial charge in [-0.05, 0) is 35.4 Å². The van der Waals surface area contributed by atoms with Gasteiger partial charge < -0.3 is 5.11 Å². The second-order valence-electron chi connectivity index (χ2n) is 4.19. The van der Waals surface area contributed by atoms with Crippen LogP contribution in [0.25, 0.3) is 0 Å².